The molecule has 5 rings (SSSR count). The molecule has 4 aliphatic carbocycles. The topological polar surface area (TPSA) is 93.7 Å². The lowest BCUT2D eigenvalue weighted by atomic mass is 9.70. The molecule has 4 unspecified atom stereocenters. The zero-order valence-electron chi connectivity index (χ0n) is 22.0. The first kappa shape index (κ1) is 26.9. The number of hydrogen-bond acceptors (Lipinski definition) is 5. The molecule has 4 aliphatic rings. The van der Waals surface area contributed by atoms with Crippen LogP contribution in [0.1, 0.15) is 81.5 Å². The van der Waals surface area contributed by atoms with Crippen LogP contribution in [0.15, 0.2) is 12.1 Å². The maximum atomic E-state index is 14.9. The molecule has 2 N–H and O–H groups in total. The van der Waals surface area contributed by atoms with Crippen LogP contribution < -0.4 is 20.1 Å². The summed E-state index contributed by atoms with van der Waals surface area (Å²) in [5, 5.41) is 6.17. The van der Waals surface area contributed by atoms with E-state index in [1.807, 2.05) is 0 Å². The smallest absolute Gasteiger partial charge is 0.255 e. The summed E-state index contributed by atoms with van der Waals surface area (Å²) in [6.07, 6.45) is 9.39. The fourth-order valence-electron chi connectivity index (χ4n) is 6.98. The number of ether oxygens (including phenoxy) is 2. The summed E-state index contributed by atoms with van der Waals surface area (Å²) in [7, 11) is 0. The summed E-state index contributed by atoms with van der Waals surface area (Å²) in [6, 6.07) is 1.90. The number of aldehydes is 1. The maximum absolute atomic E-state index is 14.9. The Bertz CT molecular complexity index is 1050. The van der Waals surface area contributed by atoms with Gasteiger partial charge in [0.05, 0.1) is 17.6 Å². The van der Waals surface area contributed by atoms with Crippen LogP contribution in [0.4, 0.5) is 8.78 Å². The second-order valence-corrected chi connectivity index (χ2v) is 12.1. The van der Waals surface area contributed by atoms with Gasteiger partial charge in [-0.15, -0.1) is 0 Å². The highest BCUT2D eigenvalue weighted by molar-refractivity contribution is 5.98. The second kappa shape index (κ2) is 11.2. The summed E-state index contributed by atoms with van der Waals surface area (Å²) in [5.41, 5.74) is 0.131. The molecule has 1 aromatic rings. The normalized spacial score (nSPS) is 31.2. The van der Waals surface area contributed by atoms with Crippen molar-refractivity contribution in [3.05, 3.63) is 23.5 Å². The van der Waals surface area contributed by atoms with Crippen molar-refractivity contribution in [1.29, 1.82) is 0 Å². The van der Waals surface area contributed by atoms with Crippen LogP contribution in [0.2, 0.25) is 0 Å². The molecule has 0 saturated heterocycles. The predicted molar refractivity (Wildman–Crippen MR) is 136 cm³/mol. The Morgan fingerprint density at radius 2 is 1.82 bits per heavy atom. The van der Waals surface area contributed by atoms with Crippen LogP contribution in [0, 0.1) is 34.9 Å². The third-order valence-electron chi connectivity index (χ3n) is 9.46. The SMILES string of the molecule is CC1(CNC(=O)C2C3CCC(C3)C2NC(=O)c2cc(OC3CCC(C=O)CC3)c(F)cc2OCF)CCC1. The van der Waals surface area contributed by atoms with E-state index in [2.05, 4.69) is 17.6 Å². The lowest BCUT2D eigenvalue weighted by molar-refractivity contribution is -0.128. The number of halogens is 2. The number of rotatable bonds is 10. The zero-order chi connectivity index (χ0) is 26.9. The standard InChI is InChI=1S/C29H38F2N2O5/c1-29(9-2-10-29)15-32-28(36)25-18-5-6-19(11-18)26(25)33-27(35)21-12-24(22(31)13-23(21)37-16-30)38-20-7-3-17(14-34)4-8-20/h12-14,17-20,25-26H,2-11,15-16H2,1H3,(H,32,36)(H,33,35). The van der Waals surface area contributed by atoms with Crippen molar-refractivity contribution in [3.63, 3.8) is 0 Å². The van der Waals surface area contributed by atoms with Crippen molar-refractivity contribution >= 4 is 18.1 Å². The van der Waals surface area contributed by atoms with E-state index in [-0.39, 0.29) is 64.2 Å². The van der Waals surface area contributed by atoms with Crippen molar-refractivity contribution in [3.8, 4) is 11.5 Å². The van der Waals surface area contributed by atoms with Gasteiger partial charge in [0.15, 0.2) is 11.6 Å². The molecule has 0 radical (unpaired) electrons. The first-order valence-electron chi connectivity index (χ1n) is 14.0. The summed E-state index contributed by atoms with van der Waals surface area (Å²) < 4.78 is 38.8. The molecule has 0 spiro atoms. The Labute approximate surface area is 222 Å². The van der Waals surface area contributed by atoms with Gasteiger partial charge in [-0.1, -0.05) is 13.3 Å². The van der Waals surface area contributed by atoms with E-state index in [1.165, 1.54) is 12.5 Å². The quantitative estimate of drug-likeness (QED) is 0.426. The number of hydrogen-bond donors (Lipinski definition) is 2. The Kier molecular flexibility index (Phi) is 7.91. The van der Waals surface area contributed by atoms with Crippen molar-refractivity contribution in [2.75, 3.05) is 13.4 Å². The highest BCUT2D eigenvalue weighted by atomic mass is 19.1. The average Bonchev–Trinajstić information content (AvgIpc) is 3.50. The molecule has 4 atom stereocenters. The van der Waals surface area contributed by atoms with Crippen LogP contribution in [0.25, 0.3) is 0 Å². The minimum absolute atomic E-state index is 0.00941. The molecule has 7 nitrogen and oxygen atoms in total. The van der Waals surface area contributed by atoms with Crippen molar-refractivity contribution in [2.45, 2.75) is 83.3 Å². The number of benzene rings is 1. The fraction of sp³-hybridized carbons (Fsp3) is 0.690. The summed E-state index contributed by atoms with van der Waals surface area (Å²) >= 11 is 0. The lowest BCUT2D eigenvalue weighted by Crippen LogP contribution is -2.51. The molecular weight excluding hydrogens is 494 g/mol. The first-order valence-corrected chi connectivity index (χ1v) is 14.0. The van der Waals surface area contributed by atoms with E-state index in [0.717, 1.165) is 44.5 Å². The Hall–Kier alpha value is -2.71. The summed E-state index contributed by atoms with van der Waals surface area (Å²) in [4.78, 5) is 37.8. The molecule has 0 aromatic heterocycles. The minimum Gasteiger partial charge on any atom is -0.487 e. The number of nitrogens with one attached hydrogen (secondary N) is 2. The van der Waals surface area contributed by atoms with Gasteiger partial charge in [0.25, 0.3) is 5.91 Å². The van der Waals surface area contributed by atoms with Gasteiger partial charge in [-0.05, 0) is 81.1 Å². The van der Waals surface area contributed by atoms with Crippen LogP contribution >= 0.6 is 0 Å². The van der Waals surface area contributed by atoms with Crippen LogP contribution in [0.5, 0.6) is 11.5 Å². The van der Waals surface area contributed by atoms with Gasteiger partial charge in [-0.2, -0.15) is 0 Å². The number of carbonyl (C=O) groups is 3. The highest BCUT2D eigenvalue weighted by Crippen LogP contribution is 2.49. The van der Waals surface area contributed by atoms with E-state index in [1.54, 1.807) is 0 Å². The number of alkyl halides is 1. The van der Waals surface area contributed by atoms with Crippen LogP contribution in [0.3, 0.4) is 0 Å². The van der Waals surface area contributed by atoms with Gasteiger partial charge in [0, 0.05) is 24.6 Å². The average molecular weight is 533 g/mol. The molecule has 38 heavy (non-hydrogen) atoms. The Morgan fingerprint density at radius 3 is 2.47 bits per heavy atom. The van der Waals surface area contributed by atoms with E-state index in [0.29, 0.717) is 32.2 Å². The van der Waals surface area contributed by atoms with E-state index in [4.69, 9.17) is 9.47 Å². The fourth-order valence-corrected chi connectivity index (χ4v) is 6.98. The molecule has 4 saturated carbocycles. The lowest BCUT2D eigenvalue weighted by Gasteiger charge is -2.39. The van der Waals surface area contributed by atoms with Crippen molar-refractivity contribution in [2.24, 2.45) is 29.1 Å². The second-order valence-electron chi connectivity index (χ2n) is 12.1. The number of fused-ring (bicyclic) bond motifs is 2. The van der Waals surface area contributed by atoms with Gasteiger partial charge < -0.3 is 24.9 Å². The maximum Gasteiger partial charge on any atom is 0.255 e. The molecule has 208 valence electrons. The third kappa shape index (κ3) is 5.52. The largest absolute Gasteiger partial charge is 0.487 e. The molecule has 9 heteroatoms. The van der Waals surface area contributed by atoms with Gasteiger partial charge in [0.2, 0.25) is 12.8 Å². The highest BCUT2D eigenvalue weighted by Gasteiger charge is 2.51. The molecule has 0 aliphatic heterocycles. The van der Waals surface area contributed by atoms with Crippen LogP contribution in [-0.4, -0.2) is 43.7 Å². The Morgan fingerprint density at radius 1 is 1.08 bits per heavy atom. The summed E-state index contributed by atoms with van der Waals surface area (Å²) in [5.74, 6) is -1.55. The van der Waals surface area contributed by atoms with Gasteiger partial charge in [-0.3, -0.25) is 9.59 Å². The molecule has 0 heterocycles. The van der Waals surface area contributed by atoms with Crippen molar-refractivity contribution < 1.29 is 32.6 Å². The monoisotopic (exact) mass is 532 g/mol. The first-order chi connectivity index (χ1) is 18.3. The molecule has 2 amide bonds. The molecule has 2 bridgehead atoms. The third-order valence-corrected chi connectivity index (χ3v) is 9.46. The molecular formula is C29H38F2N2O5. The van der Waals surface area contributed by atoms with Gasteiger partial charge in [0.1, 0.15) is 12.0 Å². The molecule has 4 fully saturated rings. The van der Waals surface area contributed by atoms with Crippen molar-refractivity contribution in [1.82, 2.24) is 10.6 Å². The number of amides is 2. The van der Waals surface area contributed by atoms with Gasteiger partial charge in [-0.25, -0.2) is 8.78 Å². The van der Waals surface area contributed by atoms with E-state index < -0.39 is 18.6 Å². The van der Waals surface area contributed by atoms with Crippen LogP contribution in [-0.2, 0) is 9.59 Å². The minimum atomic E-state index is -1.21. The Balaban J connectivity index is 1.30. The van der Waals surface area contributed by atoms with E-state index in [9.17, 15) is 23.2 Å². The summed E-state index contributed by atoms with van der Waals surface area (Å²) in [6.45, 7) is 1.61. The van der Waals surface area contributed by atoms with E-state index >= 15 is 0 Å². The van der Waals surface area contributed by atoms with Gasteiger partial charge >= 0.3 is 0 Å². The molecule has 1 aromatic carbocycles. The zero-order valence-corrected chi connectivity index (χ0v) is 22.0. The predicted octanol–water partition coefficient (Wildman–Crippen LogP) is 4.72. The number of carbonyl (C=O) groups excluding carboxylic acids is 3.